The third-order valence-corrected chi connectivity index (χ3v) is 3.24. The van der Waals surface area contributed by atoms with Crippen molar-refractivity contribution in [3.05, 3.63) is 54.7 Å². The first-order valence-corrected chi connectivity index (χ1v) is 6.24. The lowest BCUT2D eigenvalue weighted by molar-refractivity contribution is 0.458. The first-order valence-electron chi connectivity index (χ1n) is 6.24. The summed E-state index contributed by atoms with van der Waals surface area (Å²) in [5, 5.41) is 0. The molecule has 0 spiro atoms. The molecule has 0 aliphatic heterocycles. The Morgan fingerprint density at radius 2 is 2.21 bits per heavy atom. The van der Waals surface area contributed by atoms with E-state index in [2.05, 4.69) is 21.0 Å². The van der Waals surface area contributed by atoms with Gasteiger partial charge in [0, 0.05) is 12.6 Å². The van der Waals surface area contributed by atoms with Gasteiger partial charge in [0.05, 0.1) is 29.9 Å². The summed E-state index contributed by atoms with van der Waals surface area (Å²) >= 11 is 0. The topological polar surface area (TPSA) is 69.0 Å². The van der Waals surface area contributed by atoms with Crippen molar-refractivity contribution < 1.29 is 4.42 Å². The van der Waals surface area contributed by atoms with E-state index in [9.17, 15) is 0 Å². The van der Waals surface area contributed by atoms with Gasteiger partial charge >= 0.3 is 0 Å². The average molecular weight is 256 g/mol. The molecule has 98 valence electrons. The molecular weight excluding hydrogens is 240 g/mol. The zero-order valence-electron chi connectivity index (χ0n) is 10.5. The van der Waals surface area contributed by atoms with E-state index in [1.54, 1.807) is 12.5 Å². The molecular formula is C14H16N4O. The molecule has 0 aliphatic carbocycles. The monoisotopic (exact) mass is 256 g/mol. The molecule has 1 aromatic carbocycles. The fraction of sp³-hybridized carbons (Fsp3) is 0.214. The van der Waals surface area contributed by atoms with Crippen molar-refractivity contribution in [2.75, 3.05) is 0 Å². The third-order valence-electron chi connectivity index (χ3n) is 3.24. The van der Waals surface area contributed by atoms with E-state index < -0.39 is 0 Å². The molecule has 5 heteroatoms. The van der Waals surface area contributed by atoms with Crippen LogP contribution in [0.4, 0.5) is 0 Å². The molecule has 1 unspecified atom stereocenters. The molecule has 0 bridgehead atoms. The van der Waals surface area contributed by atoms with Gasteiger partial charge < -0.3 is 8.98 Å². The lowest BCUT2D eigenvalue weighted by Crippen LogP contribution is -2.39. The Bertz CT molecular complexity index is 644. The highest BCUT2D eigenvalue weighted by Crippen LogP contribution is 2.13. The maximum atomic E-state index is 5.64. The number of rotatable bonds is 5. The number of para-hydroxylation sites is 2. The molecule has 3 N–H and O–H groups in total. The number of nitrogens with zero attached hydrogens (tertiary/aromatic N) is 2. The second-order valence-electron chi connectivity index (χ2n) is 4.58. The van der Waals surface area contributed by atoms with Crippen molar-refractivity contribution in [1.82, 2.24) is 15.0 Å². The van der Waals surface area contributed by atoms with Gasteiger partial charge in [0.15, 0.2) is 0 Å². The highest BCUT2D eigenvalue weighted by molar-refractivity contribution is 5.74. The predicted octanol–water partition coefficient (Wildman–Crippen LogP) is 1.70. The Hall–Kier alpha value is -2.11. The summed E-state index contributed by atoms with van der Waals surface area (Å²) in [5.74, 6) is 5.64. The van der Waals surface area contributed by atoms with E-state index in [1.807, 2.05) is 30.6 Å². The number of furan rings is 1. The van der Waals surface area contributed by atoms with Gasteiger partial charge in [-0.15, -0.1) is 0 Å². The normalized spacial score (nSPS) is 12.9. The van der Waals surface area contributed by atoms with Crippen LogP contribution in [0.25, 0.3) is 11.0 Å². The molecule has 2 aromatic heterocycles. The largest absolute Gasteiger partial charge is 0.472 e. The number of hydrazine groups is 1. The fourth-order valence-electron chi connectivity index (χ4n) is 2.26. The van der Waals surface area contributed by atoms with Crippen LogP contribution in [0, 0.1) is 0 Å². The van der Waals surface area contributed by atoms with Crippen LogP contribution in [-0.2, 0) is 13.0 Å². The molecule has 5 nitrogen and oxygen atoms in total. The first kappa shape index (κ1) is 12.0. The number of hydrogen-bond donors (Lipinski definition) is 2. The maximum absolute atomic E-state index is 5.64. The van der Waals surface area contributed by atoms with Gasteiger partial charge in [-0.25, -0.2) is 4.98 Å². The van der Waals surface area contributed by atoms with Crippen LogP contribution in [-0.4, -0.2) is 15.6 Å². The van der Waals surface area contributed by atoms with E-state index in [1.165, 1.54) is 0 Å². The van der Waals surface area contributed by atoms with Crippen molar-refractivity contribution in [1.29, 1.82) is 0 Å². The Labute approximate surface area is 111 Å². The zero-order valence-corrected chi connectivity index (χ0v) is 10.5. The molecule has 3 rings (SSSR count). The summed E-state index contributed by atoms with van der Waals surface area (Å²) in [6.07, 6.45) is 6.09. The lowest BCUT2D eigenvalue weighted by Gasteiger charge is -2.16. The SMILES string of the molecule is NNC(Cc1ccoc1)Cn1cnc2ccccc21. The second kappa shape index (κ2) is 5.26. The Balaban J connectivity index is 1.78. The molecule has 0 radical (unpaired) electrons. The van der Waals surface area contributed by atoms with Gasteiger partial charge in [-0.2, -0.15) is 0 Å². The molecule has 0 saturated carbocycles. The van der Waals surface area contributed by atoms with Gasteiger partial charge in [0.1, 0.15) is 0 Å². The molecule has 2 heterocycles. The van der Waals surface area contributed by atoms with Gasteiger partial charge in [0.25, 0.3) is 0 Å². The number of hydrogen-bond acceptors (Lipinski definition) is 4. The van der Waals surface area contributed by atoms with E-state index >= 15 is 0 Å². The number of benzene rings is 1. The summed E-state index contributed by atoms with van der Waals surface area (Å²) in [5.41, 5.74) is 6.11. The van der Waals surface area contributed by atoms with Crippen molar-refractivity contribution in [3.8, 4) is 0 Å². The number of aromatic nitrogens is 2. The van der Waals surface area contributed by atoms with E-state index in [4.69, 9.17) is 10.3 Å². The average Bonchev–Trinajstić information content (AvgIpc) is 3.08. The minimum absolute atomic E-state index is 0.134. The number of imidazole rings is 1. The van der Waals surface area contributed by atoms with Crippen LogP contribution in [0.15, 0.2) is 53.6 Å². The summed E-state index contributed by atoms with van der Waals surface area (Å²) in [7, 11) is 0. The maximum Gasteiger partial charge on any atom is 0.0958 e. The minimum atomic E-state index is 0.134. The van der Waals surface area contributed by atoms with Crippen LogP contribution < -0.4 is 11.3 Å². The van der Waals surface area contributed by atoms with Crippen molar-refractivity contribution in [2.45, 2.75) is 19.0 Å². The number of nitrogens with two attached hydrogens (primary N) is 1. The fourth-order valence-corrected chi connectivity index (χ4v) is 2.26. The molecule has 0 saturated heterocycles. The van der Waals surface area contributed by atoms with Gasteiger partial charge in [0.2, 0.25) is 0 Å². The van der Waals surface area contributed by atoms with Gasteiger partial charge in [-0.05, 0) is 30.2 Å². The molecule has 0 fully saturated rings. The van der Waals surface area contributed by atoms with Crippen LogP contribution in [0.3, 0.4) is 0 Å². The minimum Gasteiger partial charge on any atom is -0.472 e. The number of fused-ring (bicyclic) bond motifs is 1. The van der Waals surface area contributed by atoms with Gasteiger partial charge in [-0.1, -0.05) is 12.1 Å². The Kier molecular flexibility index (Phi) is 3.31. The van der Waals surface area contributed by atoms with Crippen LogP contribution in [0.5, 0.6) is 0 Å². The second-order valence-corrected chi connectivity index (χ2v) is 4.58. The van der Waals surface area contributed by atoms with Crippen molar-refractivity contribution >= 4 is 11.0 Å². The smallest absolute Gasteiger partial charge is 0.0958 e. The third kappa shape index (κ3) is 2.52. The van der Waals surface area contributed by atoms with Crippen LogP contribution in [0.1, 0.15) is 5.56 Å². The van der Waals surface area contributed by atoms with Crippen molar-refractivity contribution in [3.63, 3.8) is 0 Å². The van der Waals surface area contributed by atoms with E-state index in [-0.39, 0.29) is 6.04 Å². The zero-order chi connectivity index (χ0) is 13.1. The first-order chi connectivity index (χ1) is 9.36. The summed E-state index contributed by atoms with van der Waals surface area (Å²) in [4.78, 5) is 4.38. The van der Waals surface area contributed by atoms with Crippen molar-refractivity contribution in [2.24, 2.45) is 5.84 Å². The Morgan fingerprint density at radius 1 is 1.32 bits per heavy atom. The summed E-state index contributed by atoms with van der Waals surface area (Å²) in [6, 6.07) is 10.2. The Morgan fingerprint density at radius 3 is 3.00 bits per heavy atom. The summed E-state index contributed by atoms with van der Waals surface area (Å²) < 4.78 is 7.19. The molecule has 0 aliphatic rings. The molecule has 1 atom stereocenters. The predicted molar refractivity (Wildman–Crippen MR) is 73.3 cm³/mol. The highest BCUT2D eigenvalue weighted by Gasteiger charge is 2.11. The quantitative estimate of drug-likeness (QED) is 0.538. The highest BCUT2D eigenvalue weighted by atomic mass is 16.3. The lowest BCUT2D eigenvalue weighted by atomic mass is 10.1. The van der Waals surface area contributed by atoms with E-state index in [0.29, 0.717) is 0 Å². The molecule has 19 heavy (non-hydrogen) atoms. The summed E-state index contributed by atoms with van der Waals surface area (Å²) in [6.45, 7) is 0.766. The van der Waals surface area contributed by atoms with E-state index in [0.717, 1.165) is 29.6 Å². The molecule has 0 amide bonds. The van der Waals surface area contributed by atoms with Gasteiger partial charge in [-0.3, -0.25) is 11.3 Å². The molecule has 3 aromatic rings. The standard InChI is InChI=1S/C14H16N4O/c15-17-12(7-11-5-6-19-9-11)8-18-10-16-13-3-1-2-4-14(13)18/h1-6,9-10,12,17H,7-8,15H2. The van der Waals surface area contributed by atoms with Crippen LogP contribution >= 0.6 is 0 Å². The number of nitrogens with one attached hydrogen (secondary N) is 1. The van der Waals surface area contributed by atoms with Crippen LogP contribution in [0.2, 0.25) is 0 Å².